The minimum absolute atomic E-state index is 0.0321. The Bertz CT molecular complexity index is 482. The van der Waals surface area contributed by atoms with Gasteiger partial charge >= 0.3 is 0 Å². The molecule has 1 aromatic heterocycles. The number of imide groups is 1. The van der Waals surface area contributed by atoms with E-state index >= 15 is 0 Å². The number of hydrogen-bond acceptors (Lipinski definition) is 4. The van der Waals surface area contributed by atoms with Crippen LogP contribution in [0, 0.1) is 0 Å². The van der Waals surface area contributed by atoms with Gasteiger partial charge in [-0.1, -0.05) is 26.8 Å². The molecule has 1 fully saturated rings. The second-order valence-electron chi connectivity index (χ2n) is 5.88. The maximum Gasteiger partial charge on any atom is 0.246 e. The van der Waals surface area contributed by atoms with E-state index in [-0.39, 0.29) is 23.3 Å². The molecule has 0 radical (unpaired) electrons. The molecule has 2 rings (SSSR count). The normalized spacial score (nSPS) is 19.9. The van der Waals surface area contributed by atoms with E-state index in [1.54, 1.807) is 11.3 Å². The average molecular weight is 294 g/mol. The van der Waals surface area contributed by atoms with Crippen LogP contribution in [0.1, 0.15) is 38.5 Å². The van der Waals surface area contributed by atoms with Crippen LogP contribution < -0.4 is 5.32 Å². The van der Waals surface area contributed by atoms with E-state index in [2.05, 4.69) is 30.6 Å². The Labute approximate surface area is 124 Å². The molecule has 0 saturated carbocycles. The van der Waals surface area contributed by atoms with Crippen molar-refractivity contribution in [3.05, 3.63) is 22.4 Å². The molecule has 0 bridgehead atoms. The first kappa shape index (κ1) is 15.2. The summed E-state index contributed by atoms with van der Waals surface area (Å²) < 4.78 is 0. The van der Waals surface area contributed by atoms with Crippen molar-refractivity contribution in [3.63, 3.8) is 0 Å². The number of carbonyl (C=O) groups excluding carboxylic acids is 2. The Kier molecular flexibility index (Phi) is 4.60. The summed E-state index contributed by atoms with van der Waals surface area (Å²) >= 11 is 1.72. The van der Waals surface area contributed by atoms with Gasteiger partial charge in [0.15, 0.2) is 0 Å². The van der Waals surface area contributed by atoms with Crippen molar-refractivity contribution in [1.82, 2.24) is 10.2 Å². The van der Waals surface area contributed by atoms with E-state index in [0.717, 1.165) is 6.42 Å². The van der Waals surface area contributed by atoms with Gasteiger partial charge in [-0.15, -0.1) is 11.3 Å². The van der Waals surface area contributed by atoms with Gasteiger partial charge in [-0.3, -0.25) is 14.5 Å². The lowest BCUT2D eigenvalue weighted by Crippen LogP contribution is -2.43. The molecule has 20 heavy (non-hydrogen) atoms. The minimum Gasteiger partial charge on any atom is -0.305 e. The molecule has 0 aromatic carbocycles. The van der Waals surface area contributed by atoms with E-state index in [1.165, 1.54) is 9.78 Å². The van der Waals surface area contributed by atoms with Crippen molar-refractivity contribution in [2.45, 2.75) is 45.1 Å². The highest BCUT2D eigenvalue weighted by Gasteiger charge is 2.38. The van der Waals surface area contributed by atoms with Gasteiger partial charge < -0.3 is 5.32 Å². The molecule has 4 nitrogen and oxygen atoms in total. The summed E-state index contributed by atoms with van der Waals surface area (Å²) in [4.78, 5) is 26.6. The number of amides is 2. The van der Waals surface area contributed by atoms with E-state index in [0.29, 0.717) is 19.5 Å². The van der Waals surface area contributed by atoms with Crippen LogP contribution in [0.25, 0.3) is 0 Å². The number of carbonyl (C=O) groups is 2. The van der Waals surface area contributed by atoms with Crippen LogP contribution in [-0.4, -0.2) is 35.8 Å². The lowest BCUT2D eigenvalue weighted by molar-refractivity contribution is -0.138. The standard InChI is InChI=1S/C15H22N2O2S/c1-4-7-17-13(18)9-11(14(17)19)16-10-15(2,3)12-6-5-8-20-12/h5-6,8,11,16H,4,7,9-10H2,1-3H3. The zero-order valence-corrected chi connectivity index (χ0v) is 13.1. The van der Waals surface area contributed by atoms with Gasteiger partial charge in [-0.05, 0) is 17.9 Å². The number of rotatable bonds is 6. The Morgan fingerprint density at radius 1 is 1.45 bits per heavy atom. The fraction of sp³-hybridized carbons (Fsp3) is 0.600. The quantitative estimate of drug-likeness (QED) is 0.818. The highest BCUT2D eigenvalue weighted by molar-refractivity contribution is 7.10. The van der Waals surface area contributed by atoms with Gasteiger partial charge in [-0.25, -0.2) is 0 Å². The first-order valence-electron chi connectivity index (χ1n) is 7.07. The van der Waals surface area contributed by atoms with Gasteiger partial charge in [0.05, 0.1) is 12.5 Å². The molecule has 1 aliphatic rings. The summed E-state index contributed by atoms with van der Waals surface area (Å²) in [5, 5.41) is 5.33. The smallest absolute Gasteiger partial charge is 0.246 e. The molecule has 2 amide bonds. The fourth-order valence-electron chi connectivity index (χ4n) is 2.43. The number of hydrogen-bond donors (Lipinski definition) is 1. The van der Waals surface area contributed by atoms with Crippen LogP contribution >= 0.6 is 11.3 Å². The largest absolute Gasteiger partial charge is 0.305 e. The SMILES string of the molecule is CCCN1C(=O)CC(NCC(C)(C)c2cccs2)C1=O. The topological polar surface area (TPSA) is 49.4 Å². The Balaban J connectivity index is 1.95. The van der Waals surface area contributed by atoms with Crippen LogP contribution in [0.5, 0.6) is 0 Å². The van der Waals surface area contributed by atoms with E-state index < -0.39 is 0 Å². The molecule has 2 heterocycles. The van der Waals surface area contributed by atoms with E-state index in [4.69, 9.17) is 0 Å². The van der Waals surface area contributed by atoms with Crippen LogP contribution in [0.2, 0.25) is 0 Å². The molecule has 1 unspecified atom stereocenters. The number of nitrogens with one attached hydrogen (secondary N) is 1. The second-order valence-corrected chi connectivity index (χ2v) is 6.83. The number of nitrogens with zero attached hydrogens (tertiary/aromatic N) is 1. The van der Waals surface area contributed by atoms with Crippen molar-refractivity contribution in [2.24, 2.45) is 0 Å². The van der Waals surface area contributed by atoms with Crippen molar-refractivity contribution < 1.29 is 9.59 Å². The molecule has 1 saturated heterocycles. The molecule has 1 N–H and O–H groups in total. The average Bonchev–Trinajstić information content (AvgIpc) is 3.01. The first-order valence-corrected chi connectivity index (χ1v) is 7.95. The zero-order chi connectivity index (χ0) is 14.8. The number of likely N-dealkylation sites (tertiary alicyclic amines) is 1. The first-order chi connectivity index (χ1) is 9.45. The molecule has 5 heteroatoms. The predicted octanol–water partition coefficient (Wildman–Crippen LogP) is 2.15. The van der Waals surface area contributed by atoms with Crippen LogP contribution in [0.4, 0.5) is 0 Å². The highest BCUT2D eigenvalue weighted by Crippen LogP contribution is 2.27. The fourth-order valence-corrected chi connectivity index (χ4v) is 3.28. The lowest BCUT2D eigenvalue weighted by atomic mass is 9.91. The summed E-state index contributed by atoms with van der Waals surface area (Å²) in [6.07, 6.45) is 1.10. The van der Waals surface area contributed by atoms with Gasteiger partial charge in [0.1, 0.15) is 0 Å². The van der Waals surface area contributed by atoms with E-state index in [1.807, 2.05) is 13.0 Å². The van der Waals surface area contributed by atoms with Gasteiger partial charge in [0.2, 0.25) is 11.8 Å². The number of thiophene rings is 1. The van der Waals surface area contributed by atoms with Crippen molar-refractivity contribution in [3.8, 4) is 0 Å². The molecule has 1 atom stereocenters. The zero-order valence-electron chi connectivity index (χ0n) is 12.3. The van der Waals surface area contributed by atoms with Crippen molar-refractivity contribution in [1.29, 1.82) is 0 Å². The minimum atomic E-state index is -0.353. The third-order valence-corrected chi connectivity index (χ3v) is 4.91. The lowest BCUT2D eigenvalue weighted by Gasteiger charge is -2.25. The van der Waals surface area contributed by atoms with Crippen LogP contribution in [0.15, 0.2) is 17.5 Å². The molecule has 0 spiro atoms. The second kappa shape index (κ2) is 6.06. The summed E-state index contributed by atoms with van der Waals surface area (Å²) in [5.41, 5.74) is -0.0321. The van der Waals surface area contributed by atoms with Crippen LogP contribution in [0.3, 0.4) is 0 Å². The van der Waals surface area contributed by atoms with Crippen molar-refractivity contribution in [2.75, 3.05) is 13.1 Å². The third kappa shape index (κ3) is 3.10. The maximum absolute atomic E-state index is 12.2. The summed E-state index contributed by atoms with van der Waals surface area (Å²) in [6.45, 7) is 7.50. The molecule has 0 aliphatic carbocycles. The van der Waals surface area contributed by atoms with Gasteiger partial charge in [0.25, 0.3) is 0 Å². The third-order valence-electron chi connectivity index (χ3n) is 3.67. The van der Waals surface area contributed by atoms with Crippen molar-refractivity contribution >= 4 is 23.2 Å². The Morgan fingerprint density at radius 2 is 2.20 bits per heavy atom. The molecule has 1 aromatic rings. The van der Waals surface area contributed by atoms with Gasteiger partial charge in [-0.2, -0.15) is 0 Å². The molecular weight excluding hydrogens is 272 g/mol. The Hall–Kier alpha value is -1.20. The van der Waals surface area contributed by atoms with Crippen LogP contribution in [-0.2, 0) is 15.0 Å². The molecule has 1 aliphatic heterocycles. The maximum atomic E-state index is 12.2. The Morgan fingerprint density at radius 3 is 2.80 bits per heavy atom. The summed E-state index contributed by atoms with van der Waals surface area (Å²) in [6, 6.07) is 3.79. The monoisotopic (exact) mass is 294 g/mol. The summed E-state index contributed by atoms with van der Waals surface area (Å²) in [5.74, 6) is -0.123. The molecular formula is C15H22N2O2S. The molecule has 110 valence electrons. The van der Waals surface area contributed by atoms with Gasteiger partial charge in [0, 0.05) is 23.4 Å². The summed E-state index contributed by atoms with van der Waals surface area (Å²) in [7, 11) is 0. The highest BCUT2D eigenvalue weighted by atomic mass is 32.1. The predicted molar refractivity (Wildman–Crippen MR) is 80.8 cm³/mol. The van der Waals surface area contributed by atoms with E-state index in [9.17, 15) is 9.59 Å².